The Morgan fingerprint density at radius 1 is 1.05 bits per heavy atom. The fourth-order valence-electron chi connectivity index (χ4n) is 3.64. The van der Waals surface area contributed by atoms with Crippen LogP contribution in [0.4, 0.5) is 4.39 Å². The number of hydrogen-bond acceptors (Lipinski definition) is 6. The number of thioether (sulfide) groups is 1. The van der Waals surface area contributed by atoms with Crippen molar-refractivity contribution >= 4 is 18.0 Å². The number of carbonyl (C=O) groups excluding carboxylic acids is 1. The van der Waals surface area contributed by atoms with Gasteiger partial charge in [0.2, 0.25) is 0 Å². The molecule has 3 aromatic rings. The van der Waals surface area contributed by atoms with Crippen LogP contribution >= 0.6 is 11.8 Å². The van der Waals surface area contributed by atoms with Crippen LogP contribution in [0.3, 0.4) is 0 Å². The van der Waals surface area contributed by atoms with Crippen molar-refractivity contribution in [3.8, 4) is 0 Å². The predicted molar refractivity (Wildman–Crippen MR) is 152 cm³/mol. The summed E-state index contributed by atoms with van der Waals surface area (Å²) in [5.41, 5.74) is 1.66. The number of rotatable bonds is 14. The predicted octanol–water partition coefficient (Wildman–Crippen LogP) is 4.73. The number of halogens is 1. The third-order valence-electron chi connectivity index (χ3n) is 5.88. The normalized spacial score (nSPS) is 10.6. The molecule has 0 aliphatic rings. The molecule has 3 rings (SSSR count). The fourth-order valence-corrected chi connectivity index (χ4v) is 4.59. The summed E-state index contributed by atoms with van der Waals surface area (Å²) in [6.07, 6.45) is 11.1. The lowest BCUT2D eigenvalue weighted by molar-refractivity contribution is -0.107. The summed E-state index contributed by atoms with van der Waals surface area (Å²) in [5.74, 6) is 0.238. The number of nitrogens with zero attached hydrogens (tertiary/aromatic N) is 3. The zero-order chi connectivity index (χ0) is 27.8. The van der Waals surface area contributed by atoms with Gasteiger partial charge >= 0.3 is 0 Å². The van der Waals surface area contributed by atoms with Crippen LogP contribution in [0, 0.1) is 5.82 Å². The van der Waals surface area contributed by atoms with Crippen LogP contribution in [0.1, 0.15) is 62.1 Å². The SMILES string of the molecule is CCCCCCNC.Cn1ccc(Cc2cn(CCCC=O)c(SCc3ccc(F)cc3)nc2=O)cc1=O. The van der Waals surface area contributed by atoms with E-state index in [-0.39, 0.29) is 16.9 Å². The van der Waals surface area contributed by atoms with Crippen LogP contribution in [-0.2, 0) is 30.6 Å². The smallest absolute Gasteiger partial charge is 0.277 e. The van der Waals surface area contributed by atoms with Gasteiger partial charge in [-0.3, -0.25) is 9.59 Å². The Kier molecular flexibility index (Phi) is 14.3. The summed E-state index contributed by atoms with van der Waals surface area (Å²) >= 11 is 1.39. The zero-order valence-corrected chi connectivity index (χ0v) is 23.4. The van der Waals surface area contributed by atoms with Crippen LogP contribution in [-0.4, -0.2) is 34.0 Å². The van der Waals surface area contributed by atoms with Gasteiger partial charge in [0.1, 0.15) is 12.1 Å². The van der Waals surface area contributed by atoms with E-state index in [9.17, 15) is 18.8 Å². The highest BCUT2D eigenvalue weighted by molar-refractivity contribution is 7.98. The molecule has 7 nitrogen and oxygen atoms in total. The molecule has 0 saturated heterocycles. The van der Waals surface area contributed by atoms with E-state index in [4.69, 9.17) is 0 Å². The van der Waals surface area contributed by atoms with Crippen molar-refractivity contribution in [1.29, 1.82) is 0 Å². The minimum Gasteiger partial charge on any atom is -0.327 e. The van der Waals surface area contributed by atoms with E-state index in [0.29, 0.717) is 42.3 Å². The van der Waals surface area contributed by atoms with Gasteiger partial charge in [-0.05, 0) is 55.8 Å². The third-order valence-corrected chi connectivity index (χ3v) is 6.94. The molecular formula is C29H39FN4O3S. The summed E-state index contributed by atoms with van der Waals surface area (Å²) < 4.78 is 16.4. The average molecular weight is 543 g/mol. The van der Waals surface area contributed by atoms with Gasteiger partial charge in [-0.25, -0.2) is 4.39 Å². The van der Waals surface area contributed by atoms with E-state index in [1.165, 1.54) is 66.8 Å². The van der Waals surface area contributed by atoms with E-state index in [2.05, 4.69) is 17.2 Å². The molecule has 38 heavy (non-hydrogen) atoms. The number of benzene rings is 1. The second-order valence-electron chi connectivity index (χ2n) is 9.10. The maximum Gasteiger partial charge on any atom is 0.277 e. The van der Waals surface area contributed by atoms with Gasteiger partial charge in [-0.1, -0.05) is 50.1 Å². The number of unbranched alkanes of at least 4 members (excludes halogenated alkanes) is 4. The molecule has 0 spiro atoms. The molecule has 9 heteroatoms. The van der Waals surface area contributed by atoms with Crippen molar-refractivity contribution in [3.63, 3.8) is 0 Å². The maximum absolute atomic E-state index is 13.1. The Bertz CT molecular complexity index is 1240. The molecule has 206 valence electrons. The van der Waals surface area contributed by atoms with Crippen molar-refractivity contribution in [1.82, 2.24) is 19.4 Å². The minimum atomic E-state index is -0.344. The van der Waals surface area contributed by atoms with Crippen molar-refractivity contribution in [3.05, 3.63) is 92.0 Å². The standard InChI is InChI=1S/C22H22FN3O3S.C7H17N/c1-25-10-8-17(13-20(25)28)12-18-14-26(9-2-3-11-27)22(24-21(18)29)30-15-16-4-6-19(23)7-5-16;1-3-4-5-6-7-8-2/h4-8,10-11,13-14H,2-3,9,12,15H2,1H3;8H,3-7H2,1-2H3. The second kappa shape index (κ2) is 17.5. The number of hydrogen-bond donors (Lipinski definition) is 1. The summed E-state index contributed by atoms with van der Waals surface area (Å²) in [5, 5.41) is 3.67. The Hall–Kier alpha value is -3.04. The third kappa shape index (κ3) is 11.1. The lowest BCUT2D eigenvalue weighted by Gasteiger charge is -2.13. The minimum absolute atomic E-state index is 0.141. The monoisotopic (exact) mass is 542 g/mol. The van der Waals surface area contributed by atoms with Gasteiger partial charge in [-0.2, -0.15) is 4.98 Å². The van der Waals surface area contributed by atoms with Crippen molar-refractivity contribution in [2.24, 2.45) is 7.05 Å². The number of aromatic nitrogens is 3. The first kappa shape index (κ1) is 31.2. The highest BCUT2D eigenvalue weighted by Gasteiger charge is 2.11. The molecule has 0 bridgehead atoms. The van der Waals surface area contributed by atoms with Crippen molar-refractivity contribution in [2.75, 3.05) is 13.6 Å². The first-order valence-electron chi connectivity index (χ1n) is 13.1. The Balaban J connectivity index is 0.000000550. The number of aldehydes is 1. The highest BCUT2D eigenvalue weighted by Crippen LogP contribution is 2.21. The van der Waals surface area contributed by atoms with E-state index in [0.717, 1.165) is 17.4 Å². The molecule has 1 N–H and O–H groups in total. The molecule has 2 heterocycles. The molecule has 0 aliphatic heterocycles. The second-order valence-corrected chi connectivity index (χ2v) is 10.0. The van der Waals surface area contributed by atoms with Crippen LogP contribution in [0.2, 0.25) is 0 Å². The van der Waals surface area contributed by atoms with E-state index < -0.39 is 0 Å². The lowest BCUT2D eigenvalue weighted by atomic mass is 10.1. The Morgan fingerprint density at radius 2 is 1.82 bits per heavy atom. The topological polar surface area (TPSA) is 86.0 Å². The molecule has 0 amide bonds. The largest absolute Gasteiger partial charge is 0.327 e. The van der Waals surface area contributed by atoms with E-state index in [1.54, 1.807) is 37.6 Å². The maximum atomic E-state index is 13.1. The van der Waals surface area contributed by atoms with E-state index in [1.807, 2.05) is 11.6 Å². The molecular weight excluding hydrogens is 503 g/mol. The van der Waals surface area contributed by atoms with Gasteiger partial charge in [0, 0.05) is 56.2 Å². The number of aryl methyl sites for hydroxylation is 2. The van der Waals surface area contributed by atoms with E-state index >= 15 is 0 Å². The van der Waals surface area contributed by atoms with Gasteiger partial charge in [-0.15, -0.1) is 0 Å². The summed E-state index contributed by atoms with van der Waals surface area (Å²) in [7, 11) is 3.67. The van der Waals surface area contributed by atoms with Gasteiger partial charge in [0.25, 0.3) is 11.1 Å². The molecule has 2 aromatic heterocycles. The van der Waals surface area contributed by atoms with Crippen molar-refractivity contribution in [2.45, 2.75) is 69.3 Å². The first-order chi connectivity index (χ1) is 18.4. The Labute approximate surface area is 228 Å². The number of pyridine rings is 1. The summed E-state index contributed by atoms with van der Waals surface area (Å²) in [6.45, 7) is 3.96. The van der Waals surface area contributed by atoms with Crippen molar-refractivity contribution < 1.29 is 9.18 Å². The van der Waals surface area contributed by atoms with Gasteiger partial charge in [0.15, 0.2) is 5.16 Å². The zero-order valence-electron chi connectivity index (χ0n) is 22.6. The Morgan fingerprint density at radius 3 is 2.47 bits per heavy atom. The molecule has 1 aromatic carbocycles. The van der Waals surface area contributed by atoms with Crippen LogP contribution < -0.4 is 16.4 Å². The molecule has 0 aliphatic carbocycles. The van der Waals surface area contributed by atoms with Gasteiger partial charge < -0.3 is 19.2 Å². The average Bonchev–Trinajstić information content (AvgIpc) is 2.91. The van der Waals surface area contributed by atoms with Crippen LogP contribution in [0.5, 0.6) is 0 Å². The first-order valence-corrected chi connectivity index (χ1v) is 14.1. The number of carbonyl (C=O) groups is 1. The molecule has 0 radical (unpaired) electrons. The molecule has 0 unspecified atom stereocenters. The molecule has 0 fully saturated rings. The molecule has 0 saturated carbocycles. The fraction of sp³-hybridized carbons (Fsp3) is 0.448. The summed E-state index contributed by atoms with van der Waals surface area (Å²) in [6, 6.07) is 9.49. The van der Waals surface area contributed by atoms with Crippen LogP contribution in [0.15, 0.2) is 63.5 Å². The summed E-state index contributed by atoms with van der Waals surface area (Å²) in [4.78, 5) is 39.4. The quantitative estimate of drug-likeness (QED) is 0.137. The number of nitrogens with one attached hydrogen (secondary N) is 1. The van der Waals surface area contributed by atoms with Crippen LogP contribution in [0.25, 0.3) is 0 Å². The lowest BCUT2D eigenvalue weighted by Crippen LogP contribution is -2.21. The molecule has 0 atom stereocenters. The van der Waals surface area contributed by atoms with Gasteiger partial charge in [0.05, 0.1) is 0 Å². The highest BCUT2D eigenvalue weighted by atomic mass is 32.2.